The quantitative estimate of drug-likeness (QED) is 0.860. The van der Waals surface area contributed by atoms with Crippen LogP contribution in [0.2, 0.25) is 0 Å². The average Bonchev–Trinajstić information content (AvgIpc) is 2.96. The van der Waals surface area contributed by atoms with Crippen molar-refractivity contribution in [3.63, 3.8) is 0 Å². The van der Waals surface area contributed by atoms with Crippen molar-refractivity contribution in [2.24, 2.45) is 0 Å². The van der Waals surface area contributed by atoms with Gasteiger partial charge in [-0.3, -0.25) is 0 Å². The van der Waals surface area contributed by atoms with Crippen molar-refractivity contribution >= 4 is 11.9 Å². The number of rotatable bonds is 2. The number of aromatic nitrogens is 3. The van der Waals surface area contributed by atoms with Crippen LogP contribution in [0.3, 0.4) is 0 Å². The van der Waals surface area contributed by atoms with Gasteiger partial charge in [-0.05, 0) is 18.9 Å². The summed E-state index contributed by atoms with van der Waals surface area (Å²) in [5.41, 5.74) is 5.36. The minimum absolute atomic E-state index is 0.0916. The molecule has 0 amide bonds. The smallest absolute Gasteiger partial charge is 0.230 e. The molecule has 1 aromatic carbocycles. The highest BCUT2D eigenvalue weighted by Crippen LogP contribution is 2.25. The molecule has 1 saturated heterocycles. The third kappa shape index (κ3) is 2.61. The van der Waals surface area contributed by atoms with E-state index in [9.17, 15) is 13.2 Å². The van der Waals surface area contributed by atoms with E-state index in [1.54, 1.807) is 0 Å². The molecule has 2 heterocycles. The number of nitrogens with zero attached hydrogens (tertiary/aromatic N) is 4. The fraction of sp³-hybridized carbons (Fsp3) is 0.308. The molecule has 1 aliphatic rings. The fourth-order valence-corrected chi connectivity index (χ4v) is 2.25. The zero-order valence-electron chi connectivity index (χ0n) is 11.0. The highest BCUT2D eigenvalue weighted by molar-refractivity contribution is 5.59. The van der Waals surface area contributed by atoms with Crippen LogP contribution in [0.1, 0.15) is 12.8 Å². The Bertz CT molecular complexity index is 686. The normalized spacial score (nSPS) is 14.7. The van der Waals surface area contributed by atoms with Gasteiger partial charge in [0.2, 0.25) is 11.9 Å². The Labute approximate surface area is 118 Å². The first-order valence-corrected chi connectivity index (χ1v) is 6.46. The monoisotopic (exact) mass is 295 g/mol. The number of nitrogen functional groups attached to an aromatic ring is 1. The van der Waals surface area contributed by atoms with Gasteiger partial charge < -0.3 is 10.6 Å². The first-order valence-electron chi connectivity index (χ1n) is 6.46. The van der Waals surface area contributed by atoms with Gasteiger partial charge in [0.1, 0.15) is 5.82 Å². The van der Waals surface area contributed by atoms with Crippen LogP contribution in [0.15, 0.2) is 12.1 Å². The predicted molar refractivity (Wildman–Crippen MR) is 71.0 cm³/mol. The minimum atomic E-state index is -1.27. The van der Waals surface area contributed by atoms with Crippen LogP contribution in [0, 0.1) is 17.5 Å². The van der Waals surface area contributed by atoms with Gasteiger partial charge in [-0.25, -0.2) is 13.2 Å². The lowest BCUT2D eigenvalue weighted by atomic mass is 10.2. The maximum atomic E-state index is 13.8. The molecule has 1 aliphatic heterocycles. The van der Waals surface area contributed by atoms with Crippen molar-refractivity contribution in [2.75, 3.05) is 23.7 Å². The largest absolute Gasteiger partial charge is 0.368 e. The number of benzene rings is 1. The van der Waals surface area contributed by atoms with Crippen molar-refractivity contribution in [1.82, 2.24) is 15.0 Å². The molecule has 1 aromatic heterocycles. The van der Waals surface area contributed by atoms with E-state index in [0.717, 1.165) is 25.9 Å². The number of nitrogens with two attached hydrogens (primary N) is 1. The summed E-state index contributed by atoms with van der Waals surface area (Å²) in [6.45, 7) is 1.53. The van der Waals surface area contributed by atoms with Crippen molar-refractivity contribution in [2.45, 2.75) is 12.8 Å². The first-order chi connectivity index (χ1) is 10.0. The molecule has 1 fully saturated rings. The molecule has 110 valence electrons. The summed E-state index contributed by atoms with van der Waals surface area (Å²) >= 11 is 0. The molecule has 21 heavy (non-hydrogen) atoms. The Morgan fingerprint density at radius 1 is 0.905 bits per heavy atom. The molecule has 0 spiro atoms. The fourth-order valence-electron chi connectivity index (χ4n) is 2.25. The Morgan fingerprint density at radius 2 is 1.57 bits per heavy atom. The Morgan fingerprint density at radius 3 is 2.29 bits per heavy atom. The van der Waals surface area contributed by atoms with Gasteiger partial charge in [0.25, 0.3) is 0 Å². The lowest BCUT2D eigenvalue weighted by molar-refractivity contribution is 0.496. The van der Waals surface area contributed by atoms with Crippen LogP contribution in [0.25, 0.3) is 11.4 Å². The molecule has 8 heteroatoms. The minimum Gasteiger partial charge on any atom is -0.368 e. The van der Waals surface area contributed by atoms with E-state index in [-0.39, 0.29) is 17.3 Å². The second-order valence-corrected chi connectivity index (χ2v) is 4.76. The van der Waals surface area contributed by atoms with Crippen LogP contribution in [-0.2, 0) is 0 Å². The number of halogens is 3. The van der Waals surface area contributed by atoms with Crippen molar-refractivity contribution in [1.29, 1.82) is 0 Å². The highest BCUT2D eigenvalue weighted by Gasteiger charge is 2.19. The Hall–Kier alpha value is -2.38. The van der Waals surface area contributed by atoms with E-state index in [4.69, 9.17) is 5.73 Å². The van der Waals surface area contributed by atoms with Gasteiger partial charge >= 0.3 is 0 Å². The van der Waals surface area contributed by atoms with Crippen LogP contribution in [-0.4, -0.2) is 28.0 Å². The summed E-state index contributed by atoms with van der Waals surface area (Å²) in [4.78, 5) is 13.8. The van der Waals surface area contributed by atoms with Crippen LogP contribution >= 0.6 is 0 Å². The standard InChI is InChI=1S/C13H12F3N5/c14-8-6-10(16)9(15)5-7(8)11-18-12(17)20-13(19-11)21-3-1-2-4-21/h5-6H,1-4H2,(H2,17,18,19,20). The molecule has 2 aromatic rings. The first kappa shape index (κ1) is 13.6. The molecule has 0 unspecified atom stereocenters. The summed E-state index contributed by atoms with van der Waals surface area (Å²) in [5, 5.41) is 0. The molecule has 2 N–H and O–H groups in total. The number of anilines is 2. The van der Waals surface area contributed by atoms with Crippen LogP contribution < -0.4 is 10.6 Å². The van der Waals surface area contributed by atoms with Crippen LogP contribution in [0.4, 0.5) is 25.1 Å². The molecule has 0 aliphatic carbocycles. The van der Waals surface area contributed by atoms with Gasteiger partial charge in [0.15, 0.2) is 17.5 Å². The molecule has 0 bridgehead atoms. The second kappa shape index (κ2) is 5.19. The summed E-state index contributed by atoms with van der Waals surface area (Å²) in [5.74, 6) is -3.27. The molecule has 0 radical (unpaired) electrons. The Kier molecular flexibility index (Phi) is 3.36. The van der Waals surface area contributed by atoms with Gasteiger partial charge in [-0.2, -0.15) is 15.0 Å². The average molecular weight is 295 g/mol. The SMILES string of the molecule is Nc1nc(-c2cc(F)c(F)cc2F)nc(N2CCCC2)n1. The van der Waals surface area contributed by atoms with E-state index in [1.165, 1.54) is 0 Å². The molecule has 5 nitrogen and oxygen atoms in total. The second-order valence-electron chi connectivity index (χ2n) is 4.76. The molecule has 0 saturated carbocycles. The third-order valence-corrected chi connectivity index (χ3v) is 3.28. The van der Waals surface area contributed by atoms with Gasteiger partial charge in [-0.1, -0.05) is 0 Å². The van der Waals surface area contributed by atoms with Gasteiger partial charge in [0, 0.05) is 19.2 Å². The van der Waals surface area contributed by atoms with Crippen molar-refractivity contribution in [3.8, 4) is 11.4 Å². The van der Waals surface area contributed by atoms with Crippen LogP contribution in [0.5, 0.6) is 0 Å². The van der Waals surface area contributed by atoms with E-state index < -0.39 is 17.5 Å². The van der Waals surface area contributed by atoms with E-state index >= 15 is 0 Å². The van der Waals surface area contributed by atoms with E-state index in [1.807, 2.05) is 4.90 Å². The molecular formula is C13H12F3N5. The highest BCUT2D eigenvalue weighted by atomic mass is 19.2. The maximum absolute atomic E-state index is 13.8. The van der Waals surface area contributed by atoms with Crippen molar-refractivity contribution < 1.29 is 13.2 Å². The maximum Gasteiger partial charge on any atom is 0.230 e. The topological polar surface area (TPSA) is 67.9 Å². The van der Waals surface area contributed by atoms with E-state index in [0.29, 0.717) is 18.1 Å². The summed E-state index contributed by atoms with van der Waals surface area (Å²) < 4.78 is 40.1. The lowest BCUT2D eigenvalue weighted by Crippen LogP contribution is -2.21. The summed E-state index contributed by atoms with van der Waals surface area (Å²) in [6.07, 6.45) is 2.00. The third-order valence-electron chi connectivity index (χ3n) is 3.28. The zero-order chi connectivity index (χ0) is 15.0. The van der Waals surface area contributed by atoms with E-state index in [2.05, 4.69) is 15.0 Å². The van der Waals surface area contributed by atoms with Gasteiger partial charge in [0.05, 0.1) is 5.56 Å². The lowest BCUT2D eigenvalue weighted by Gasteiger charge is -2.15. The zero-order valence-corrected chi connectivity index (χ0v) is 11.0. The van der Waals surface area contributed by atoms with Gasteiger partial charge in [-0.15, -0.1) is 0 Å². The summed E-state index contributed by atoms with van der Waals surface area (Å²) in [7, 11) is 0. The van der Waals surface area contributed by atoms with Crippen molar-refractivity contribution in [3.05, 3.63) is 29.6 Å². The molecular weight excluding hydrogens is 283 g/mol. The summed E-state index contributed by atoms with van der Waals surface area (Å²) in [6, 6.07) is 1.17. The molecule has 0 atom stereocenters. The predicted octanol–water partition coefficient (Wildman–Crippen LogP) is 2.14. The number of hydrogen-bond donors (Lipinski definition) is 1. The number of hydrogen-bond acceptors (Lipinski definition) is 5. The Balaban J connectivity index is 2.08. The molecule has 3 rings (SSSR count).